The van der Waals surface area contributed by atoms with Gasteiger partial charge in [-0.05, 0) is 0 Å². The number of aliphatic imine (C=N–C) groups is 1. The number of aryl methyl sites for hydroxylation is 1. The number of nitrogens with zero attached hydrogens (tertiary/aromatic N) is 1. The van der Waals surface area contributed by atoms with E-state index < -0.39 is 0 Å². The third kappa shape index (κ3) is 4.71. The number of nitrogens with two attached hydrogens (primary N) is 1. The van der Waals surface area contributed by atoms with Gasteiger partial charge in [-0.1, -0.05) is 0 Å². The minimum atomic E-state index is 0.549. The summed E-state index contributed by atoms with van der Waals surface area (Å²) in [6.07, 6.45) is 2.12. The third-order valence-corrected chi connectivity index (χ3v) is 2.00. The predicted molar refractivity (Wildman–Crippen MR) is 57.0 cm³/mol. The third-order valence-electron chi connectivity index (χ3n) is 1.73. The van der Waals surface area contributed by atoms with Crippen molar-refractivity contribution >= 4 is 20.7 Å². The summed E-state index contributed by atoms with van der Waals surface area (Å²) >= 11 is 2.67. The van der Waals surface area contributed by atoms with E-state index in [0.29, 0.717) is 4.73 Å². The molecule has 2 nitrogen and oxygen atoms in total. The molecule has 1 radical (unpaired) electrons. The fourth-order valence-corrected chi connectivity index (χ4v) is 1.31. The molecule has 69 valence electrons. The van der Waals surface area contributed by atoms with Crippen molar-refractivity contribution in [3.05, 3.63) is 35.9 Å². The molecule has 0 aliphatic carbocycles. The normalized spacial score (nSPS) is 11.5. The van der Waals surface area contributed by atoms with Crippen molar-refractivity contribution in [1.82, 2.24) is 0 Å². The molecule has 0 aromatic heterocycles. The first-order valence-corrected chi connectivity index (χ1v) is 5.15. The molecule has 0 aliphatic rings. The van der Waals surface area contributed by atoms with E-state index in [0.717, 1.165) is 19.4 Å². The summed E-state index contributed by atoms with van der Waals surface area (Å²) in [5.74, 6) is 0. The summed E-state index contributed by atoms with van der Waals surface area (Å²) in [6, 6.07) is 10.4. The van der Waals surface area contributed by atoms with Crippen molar-refractivity contribution in [2.75, 3.05) is 6.54 Å². The van der Waals surface area contributed by atoms with E-state index in [1.807, 2.05) is 6.07 Å². The monoisotopic (exact) mass is 241 g/mol. The molecule has 0 unspecified atom stereocenters. The molecule has 0 heterocycles. The Balaban J connectivity index is 2.25. The summed E-state index contributed by atoms with van der Waals surface area (Å²) in [5, 5.41) is 0. The van der Waals surface area contributed by atoms with Gasteiger partial charge in [-0.25, -0.2) is 0 Å². The molecule has 0 spiro atoms. The van der Waals surface area contributed by atoms with Gasteiger partial charge in [-0.2, -0.15) is 0 Å². The average Bonchev–Trinajstić information content (AvgIpc) is 2.14. The first-order valence-electron chi connectivity index (χ1n) is 4.30. The summed E-state index contributed by atoms with van der Waals surface area (Å²) in [4.78, 5) is 4.08. The number of rotatable bonds is 4. The van der Waals surface area contributed by atoms with Crippen LogP contribution in [0.25, 0.3) is 0 Å². The number of hydrogen-bond acceptors (Lipinski definition) is 1. The molecule has 13 heavy (non-hydrogen) atoms. The Hall–Kier alpha value is -0.791. The second-order valence-electron chi connectivity index (χ2n) is 2.81. The zero-order valence-corrected chi connectivity index (χ0v) is 9.15. The Morgan fingerprint density at radius 2 is 2.00 bits per heavy atom. The van der Waals surface area contributed by atoms with Gasteiger partial charge in [-0.15, -0.1) is 0 Å². The van der Waals surface area contributed by atoms with Crippen LogP contribution in [-0.4, -0.2) is 27.3 Å². The first kappa shape index (κ1) is 10.3. The fraction of sp³-hybridized carbons (Fsp3) is 0.300. The molecule has 0 saturated carbocycles. The van der Waals surface area contributed by atoms with Crippen LogP contribution in [-0.2, 0) is 6.42 Å². The van der Waals surface area contributed by atoms with Crippen LogP contribution >= 0.6 is 0 Å². The van der Waals surface area contributed by atoms with Crippen molar-refractivity contribution in [2.24, 2.45) is 10.7 Å². The van der Waals surface area contributed by atoms with Gasteiger partial charge in [0, 0.05) is 0 Å². The SMILES string of the molecule is NC([Se])=NCCCc1ccccc1. The van der Waals surface area contributed by atoms with E-state index in [2.05, 4.69) is 45.3 Å². The molecule has 1 rings (SSSR count). The molecule has 1 aromatic carbocycles. The van der Waals surface area contributed by atoms with E-state index in [9.17, 15) is 0 Å². The molecular weight excluding hydrogens is 227 g/mol. The zero-order chi connectivity index (χ0) is 9.52. The van der Waals surface area contributed by atoms with Crippen molar-refractivity contribution in [1.29, 1.82) is 0 Å². The molecule has 2 N–H and O–H groups in total. The van der Waals surface area contributed by atoms with Crippen LogP contribution in [0.2, 0.25) is 0 Å². The van der Waals surface area contributed by atoms with Crippen LogP contribution in [0.3, 0.4) is 0 Å². The van der Waals surface area contributed by atoms with Crippen LogP contribution in [0.5, 0.6) is 0 Å². The van der Waals surface area contributed by atoms with Crippen molar-refractivity contribution in [3.8, 4) is 0 Å². The van der Waals surface area contributed by atoms with Gasteiger partial charge in [0.15, 0.2) is 0 Å². The van der Waals surface area contributed by atoms with Crippen molar-refractivity contribution in [3.63, 3.8) is 0 Å². The molecule has 0 atom stereocenters. The first-order chi connectivity index (χ1) is 6.29. The summed E-state index contributed by atoms with van der Waals surface area (Å²) in [7, 11) is 0. The topological polar surface area (TPSA) is 38.4 Å². The van der Waals surface area contributed by atoms with Crippen LogP contribution in [0.15, 0.2) is 35.3 Å². The van der Waals surface area contributed by atoms with Gasteiger partial charge in [0.2, 0.25) is 0 Å². The Morgan fingerprint density at radius 1 is 1.31 bits per heavy atom. The van der Waals surface area contributed by atoms with Gasteiger partial charge in [-0.3, -0.25) is 0 Å². The molecule has 0 bridgehead atoms. The van der Waals surface area contributed by atoms with E-state index >= 15 is 0 Å². The average molecular weight is 240 g/mol. The van der Waals surface area contributed by atoms with E-state index in [4.69, 9.17) is 5.73 Å². The Bertz CT molecular complexity index is 266. The molecule has 0 saturated heterocycles. The number of benzene rings is 1. The van der Waals surface area contributed by atoms with E-state index in [-0.39, 0.29) is 0 Å². The second kappa shape index (κ2) is 5.79. The molecular formula is C10H13N2Se. The van der Waals surface area contributed by atoms with Crippen LogP contribution in [0, 0.1) is 0 Å². The van der Waals surface area contributed by atoms with Crippen molar-refractivity contribution < 1.29 is 0 Å². The predicted octanol–water partition coefficient (Wildman–Crippen LogP) is 1.10. The Kier molecular flexibility index (Phi) is 4.58. The van der Waals surface area contributed by atoms with E-state index in [1.54, 1.807) is 0 Å². The molecule has 1 aromatic rings. The fourth-order valence-electron chi connectivity index (χ4n) is 1.12. The van der Waals surface area contributed by atoms with Crippen LogP contribution < -0.4 is 5.73 Å². The van der Waals surface area contributed by atoms with Gasteiger partial charge < -0.3 is 0 Å². The number of hydrogen-bond donors (Lipinski definition) is 1. The van der Waals surface area contributed by atoms with Crippen molar-refractivity contribution in [2.45, 2.75) is 12.8 Å². The van der Waals surface area contributed by atoms with Gasteiger partial charge >= 0.3 is 86.8 Å². The minimum absolute atomic E-state index is 0.549. The van der Waals surface area contributed by atoms with Crippen LogP contribution in [0.1, 0.15) is 12.0 Å². The summed E-state index contributed by atoms with van der Waals surface area (Å²) in [5.41, 5.74) is 6.72. The van der Waals surface area contributed by atoms with E-state index in [1.165, 1.54) is 5.56 Å². The molecule has 0 aliphatic heterocycles. The van der Waals surface area contributed by atoms with Gasteiger partial charge in [0.25, 0.3) is 0 Å². The quantitative estimate of drug-likeness (QED) is 0.364. The Labute approximate surface area is 87.1 Å². The standard InChI is InChI=1S/C10H13N2Se/c11-10(13)12-8-4-7-9-5-2-1-3-6-9/h1-3,5-6H,4,7-8H2,(H2,11,12). The zero-order valence-electron chi connectivity index (χ0n) is 7.44. The molecule has 3 heteroatoms. The number of amidine groups is 1. The maximum absolute atomic E-state index is 5.37. The van der Waals surface area contributed by atoms with Crippen LogP contribution in [0.4, 0.5) is 0 Å². The second-order valence-corrected chi connectivity index (χ2v) is 3.69. The Morgan fingerprint density at radius 3 is 2.62 bits per heavy atom. The van der Waals surface area contributed by atoms with Gasteiger partial charge in [0.05, 0.1) is 0 Å². The summed E-state index contributed by atoms with van der Waals surface area (Å²) < 4.78 is 0.549. The maximum atomic E-state index is 5.37. The van der Waals surface area contributed by atoms with Gasteiger partial charge in [0.1, 0.15) is 0 Å². The molecule has 0 amide bonds. The summed E-state index contributed by atoms with van der Waals surface area (Å²) in [6.45, 7) is 0.799. The molecule has 0 fully saturated rings.